The summed E-state index contributed by atoms with van der Waals surface area (Å²) in [5, 5.41) is 2.83. The second kappa shape index (κ2) is 7.13. The summed E-state index contributed by atoms with van der Waals surface area (Å²) in [6, 6.07) is 11.2. The molecule has 1 aliphatic rings. The van der Waals surface area contributed by atoms with Gasteiger partial charge in [-0.15, -0.1) is 0 Å². The Bertz CT molecular complexity index is 679. The van der Waals surface area contributed by atoms with Crippen molar-refractivity contribution in [3.63, 3.8) is 0 Å². The molecule has 1 amide bonds. The summed E-state index contributed by atoms with van der Waals surface area (Å²) in [4.78, 5) is 18.9. The van der Waals surface area contributed by atoms with E-state index in [0.29, 0.717) is 11.4 Å². The number of hydrogen-bond donors (Lipinski definition) is 1. The normalized spacial score (nSPS) is 15.5. The van der Waals surface area contributed by atoms with Crippen LogP contribution in [0.5, 0.6) is 0 Å². The van der Waals surface area contributed by atoms with Gasteiger partial charge in [-0.1, -0.05) is 28.9 Å². The Hall–Kier alpha value is -1.88. The summed E-state index contributed by atoms with van der Waals surface area (Å²) in [5.74, 6) is 1.23. The van der Waals surface area contributed by atoms with E-state index in [4.69, 9.17) is 0 Å². The molecule has 1 fully saturated rings. The van der Waals surface area contributed by atoms with Crippen LogP contribution in [0.25, 0.3) is 0 Å². The Labute approximate surface area is 145 Å². The molecule has 0 saturated carbocycles. The van der Waals surface area contributed by atoms with Crippen molar-refractivity contribution in [1.82, 2.24) is 4.98 Å². The van der Waals surface area contributed by atoms with Gasteiger partial charge in [0.2, 0.25) is 0 Å². The number of amides is 1. The average molecular weight is 374 g/mol. The molecule has 1 saturated heterocycles. The summed E-state index contributed by atoms with van der Waals surface area (Å²) in [7, 11) is 0. The van der Waals surface area contributed by atoms with Gasteiger partial charge in [-0.05, 0) is 49.1 Å². The molecule has 0 bridgehead atoms. The lowest BCUT2D eigenvalue weighted by Gasteiger charge is -2.31. The van der Waals surface area contributed by atoms with E-state index < -0.39 is 0 Å². The van der Waals surface area contributed by atoms with Crippen LogP contribution < -0.4 is 10.2 Å². The van der Waals surface area contributed by atoms with Gasteiger partial charge in [-0.25, -0.2) is 4.98 Å². The van der Waals surface area contributed by atoms with Crippen molar-refractivity contribution in [2.45, 2.75) is 19.8 Å². The number of nitrogens with one attached hydrogen (secondary N) is 1. The van der Waals surface area contributed by atoms with Gasteiger partial charge in [0, 0.05) is 23.1 Å². The van der Waals surface area contributed by atoms with Gasteiger partial charge in [0.25, 0.3) is 5.91 Å². The van der Waals surface area contributed by atoms with Gasteiger partial charge in [0.1, 0.15) is 5.82 Å². The molecule has 0 unspecified atom stereocenters. The number of carbonyl (C=O) groups excluding carboxylic acids is 1. The maximum absolute atomic E-state index is 12.2. The maximum Gasteiger partial charge on any atom is 0.256 e. The molecule has 1 N–H and O–H groups in total. The smallest absolute Gasteiger partial charge is 0.256 e. The van der Waals surface area contributed by atoms with Crippen molar-refractivity contribution in [2.24, 2.45) is 5.92 Å². The lowest BCUT2D eigenvalue weighted by Crippen LogP contribution is -2.32. The zero-order valence-electron chi connectivity index (χ0n) is 13.1. The van der Waals surface area contributed by atoms with E-state index in [1.54, 1.807) is 12.1 Å². The molecule has 23 heavy (non-hydrogen) atoms. The first-order valence-corrected chi connectivity index (χ1v) is 8.69. The summed E-state index contributed by atoms with van der Waals surface area (Å²) in [5.41, 5.74) is 1.73. The molecule has 4 nitrogen and oxygen atoms in total. The number of rotatable bonds is 3. The second-order valence-corrected chi connectivity index (χ2v) is 6.95. The summed E-state index contributed by atoms with van der Waals surface area (Å²) in [6.07, 6.45) is 4.29. The van der Waals surface area contributed by atoms with Crippen molar-refractivity contribution < 1.29 is 4.79 Å². The minimum atomic E-state index is -0.154. The highest BCUT2D eigenvalue weighted by molar-refractivity contribution is 9.10. The van der Waals surface area contributed by atoms with Crippen molar-refractivity contribution in [3.05, 3.63) is 52.6 Å². The number of halogens is 1. The van der Waals surface area contributed by atoms with Gasteiger partial charge in [0.05, 0.1) is 11.9 Å². The Balaban J connectivity index is 1.64. The maximum atomic E-state index is 12.2. The molecule has 120 valence electrons. The quantitative estimate of drug-likeness (QED) is 0.870. The number of pyridine rings is 1. The topological polar surface area (TPSA) is 45.2 Å². The number of hydrogen-bond acceptors (Lipinski definition) is 3. The fourth-order valence-electron chi connectivity index (χ4n) is 2.73. The number of piperidine rings is 1. The third kappa shape index (κ3) is 4.10. The van der Waals surface area contributed by atoms with Crippen molar-refractivity contribution in [2.75, 3.05) is 23.3 Å². The fraction of sp³-hybridized carbons (Fsp3) is 0.333. The molecule has 5 heteroatoms. The number of benzene rings is 1. The summed E-state index contributed by atoms with van der Waals surface area (Å²) in [6.45, 7) is 4.45. The number of nitrogens with zero attached hydrogens (tertiary/aromatic N) is 2. The SMILES string of the molecule is CC1CCN(c2ccc(NC(=O)c3cccc(Br)c3)nc2)CC1. The van der Waals surface area contributed by atoms with E-state index in [0.717, 1.165) is 29.2 Å². The van der Waals surface area contributed by atoms with Gasteiger partial charge in [-0.3, -0.25) is 4.79 Å². The third-order valence-corrected chi connectivity index (χ3v) is 4.72. The van der Waals surface area contributed by atoms with Crippen LogP contribution in [0.4, 0.5) is 11.5 Å². The number of aromatic nitrogens is 1. The standard InChI is InChI=1S/C18H20BrN3O/c1-13-7-9-22(10-8-13)16-5-6-17(20-12-16)21-18(23)14-3-2-4-15(19)11-14/h2-6,11-13H,7-10H2,1H3,(H,20,21,23). The molecule has 0 radical (unpaired) electrons. The number of carbonyl (C=O) groups is 1. The minimum Gasteiger partial charge on any atom is -0.370 e. The van der Waals surface area contributed by atoms with Crippen LogP contribution in [0.2, 0.25) is 0 Å². The molecule has 1 aromatic carbocycles. The lowest BCUT2D eigenvalue weighted by atomic mass is 9.99. The van der Waals surface area contributed by atoms with Gasteiger partial charge in [0.15, 0.2) is 0 Å². The van der Waals surface area contributed by atoms with Crippen LogP contribution >= 0.6 is 15.9 Å². The van der Waals surface area contributed by atoms with E-state index >= 15 is 0 Å². The first-order valence-electron chi connectivity index (χ1n) is 7.90. The van der Waals surface area contributed by atoms with E-state index in [1.807, 2.05) is 30.5 Å². The monoisotopic (exact) mass is 373 g/mol. The van der Waals surface area contributed by atoms with Crippen LogP contribution in [-0.4, -0.2) is 24.0 Å². The predicted octanol–water partition coefficient (Wildman–Crippen LogP) is 4.33. The van der Waals surface area contributed by atoms with Crippen LogP contribution in [0, 0.1) is 5.92 Å². The summed E-state index contributed by atoms with van der Waals surface area (Å²) >= 11 is 3.37. The highest BCUT2D eigenvalue weighted by atomic mass is 79.9. The van der Waals surface area contributed by atoms with Crippen molar-refractivity contribution in [3.8, 4) is 0 Å². The van der Waals surface area contributed by atoms with Gasteiger partial charge < -0.3 is 10.2 Å². The Morgan fingerprint density at radius 1 is 1.26 bits per heavy atom. The molecule has 3 rings (SSSR count). The highest BCUT2D eigenvalue weighted by Crippen LogP contribution is 2.23. The zero-order valence-corrected chi connectivity index (χ0v) is 14.7. The fourth-order valence-corrected chi connectivity index (χ4v) is 3.13. The Morgan fingerprint density at radius 2 is 2.04 bits per heavy atom. The van der Waals surface area contributed by atoms with E-state index in [2.05, 4.69) is 38.1 Å². The lowest BCUT2D eigenvalue weighted by molar-refractivity contribution is 0.102. The zero-order chi connectivity index (χ0) is 16.2. The van der Waals surface area contributed by atoms with E-state index in [-0.39, 0.29) is 5.91 Å². The summed E-state index contributed by atoms with van der Waals surface area (Å²) < 4.78 is 0.882. The second-order valence-electron chi connectivity index (χ2n) is 6.04. The first kappa shape index (κ1) is 16.0. The molecule has 1 aromatic heterocycles. The minimum absolute atomic E-state index is 0.154. The Kier molecular flexibility index (Phi) is 4.96. The largest absolute Gasteiger partial charge is 0.370 e. The van der Waals surface area contributed by atoms with Crippen LogP contribution in [0.15, 0.2) is 47.1 Å². The molecule has 1 aliphatic heterocycles. The molecule has 2 aromatic rings. The highest BCUT2D eigenvalue weighted by Gasteiger charge is 2.16. The molecule has 0 atom stereocenters. The first-order chi connectivity index (χ1) is 11.1. The van der Waals surface area contributed by atoms with Crippen LogP contribution in [0.1, 0.15) is 30.1 Å². The predicted molar refractivity (Wildman–Crippen MR) is 96.9 cm³/mol. The molecular weight excluding hydrogens is 354 g/mol. The number of anilines is 2. The average Bonchev–Trinajstić information content (AvgIpc) is 2.56. The van der Waals surface area contributed by atoms with Gasteiger partial charge in [-0.2, -0.15) is 0 Å². The van der Waals surface area contributed by atoms with Crippen molar-refractivity contribution in [1.29, 1.82) is 0 Å². The Morgan fingerprint density at radius 3 is 2.70 bits per heavy atom. The molecule has 0 spiro atoms. The molecule has 0 aliphatic carbocycles. The third-order valence-electron chi connectivity index (χ3n) is 4.23. The van der Waals surface area contributed by atoms with Crippen LogP contribution in [-0.2, 0) is 0 Å². The van der Waals surface area contributed by atoms with Gasteiger partial charge >= 0.3 is 0 Å². The molecular formula is C18H20BrN3O. The van der Waals surface area contributed by atoms with E-state index in [1.165, 1.54) is 12.8 Å². The van der Waals surface area contributed by atoms with Crippen LogP contribution in [0.3, 0.4) is 0 Å². The van der Waals surface area contributed by atoms with E-state index in [9.17, 15) is 4.79 Å². The van der Waals surface area contributed by atoms with Crippen molar-refractivity contribution >= 4 is 33.3 Å². The molecule has 2 heterocycles.